The Balaban J connectivity index is 1.59. The van der Waals surface area contributed by atoms with Gasteiger partial charge in [-0.3, -0.25) is 4.79 Å². The van der Waals surface area contributed by atoms with Crippen molar-refractivity contribution in [2.75, 3.05) is 11.9 Å². The fourth-order valence-corrected chi connectivity index (χ4v) is 3.03. The number of halogens is 1. The van der Waals surface area contributed by atoms with Crippen LogP contribution in [-0.2, 0) is 16.0 Å². The molecule has 0 unspecified atom stereocenters. The predicted molar refractivity (Wildman–Crippen MR) is 99.8 cm³/mol. The summed E-state index contributed by atoms with van der Waals surface area (Å²) in [5.74, 6) is 0.00287. The number of benzene rings is 1. The van der Waals surface area contributed by atoms with Gasteiger partial charge in [-0.25, -0.2) is 9.78 Å². The lowest BCUT2D eigenvalue weighted by atomic mass is 10.2. The number of carbonyl (C=O) groups is 2. The van der Waals surface area contributed by atoms with Crippen LogP contribution in [-0.4, -0.2) is 33.1 Å². The minimum absolute atomic E-state index is 0.00710. The number of hydrogen-bond donors (Lipinski definition) is 1. The Hall–Kier alpha value is -2.78. The summed E-state index contributed by atoms with van der Waals surface area (Å²) in [6.45, 7) is 1.89. The molecule has 2 aromatic heterocycles. The fourth-order valence-electron chi connectivity index (χ4n) is 2.23. The summed E-state index contributed by atoms with van der Waals surface area (Å²) in [7, 11) is 0. The molecular formula is C17H15ClN4O4S. The van der Waals surface area contributed by atoms with Crippen LogP contribution in [0.1, 0.15) is 29.7 Å². The zero-order chi connectivity index (χ0) is 19.2. The van der Waals surface area contributed by atoms with Gasteiger partial charge in [0, 0.05) is 29.9 Å². The van der Waals surface area contributed by atoms with Gasteiger partial charge < -0.3 is 14.5 Å². The minimum atomic E-state index is -0.626. The Labute approximate surface area is 163 Å². The van der Waals surface area contributed by atoms with Crippen molar-refractivity contribution in [3.63, 3.8) is 0 Å². The molecule has 0 bridgehead atoms. The van der Waals surface area contributed by atoms with Crippen LogP contribution in [0.2, 0.25) is 5.02 Å². The van der Waals surface area contributed by atoms with Gasteiger partial charge in [-0.2, -0.15) is 0 Å². The van der Waals surface area contributed by atoms with Crippen molar-refractivity contribution >= 4 is 40.0 Å². The number of amides is 1. The van der Waals surface area contributed by atoms with Crippen LogP contribution in [0, 0.1) is 0 Å². The molecule has 0 fully saturated rings. The highest BCUT2D eigenvalue weighted by Crippen LogP contribution is 2.28. The molecule has 0 saturated heterocycles. The van der Waals surface area contributed by atoms with E-state index in [2.05, 4.69) is 19.9 Å². The Bertz CT molecular complexity index is 956. The van der Waals surface area contributed by atoms with Gasteiger partial charge in [0.25, 0.3) is 0 Å². The minimum Gasteiger partial charge on any atom is -0.461 e. The van der Waals surface area contributed by atoms with Gasteiger partial charge in [-0.05, 0) is 19.1 Å². The number of ether oxygens (including phenoxy) is 1. The van der Waals surface area contributed by atoms with E-state index in [4.69, 9.17) is 20.8 Å². The molecule has 1 aromatic carbocycles. The first-order valence-corrected chi connectivity index (χ1v) is 9.22. The summed E-state index contributed by atoms with van der Waals surface area (Å²) in [6.07, 6.45) is 1.97. The molecular weight excluding hydrogens is 392 g/mol. The van der Waals surface area contributed by atoms with E-state index in [0.29, 0.717) is 16.7 Å². The van der Waals surface area contributed by atoms with Crippen LogP contribution in [0.15, 0.2) is 34.9 Å². The number of aryl methyl sites for hydroxylation is 1. The van der Waals surface area contributed by atoms with Crippen LogP contribution >= 0.6 is 23.1 Å². The predicted octanol–water partition coefficient (Wildman–Crippen LogP) is 3.59. The summed E-state index contributed by atoms with van der Waals surface area (Å²) in [4.78, 5) is 28.1. The first-order valence-electron chi connectivity index (χ1n) is 8.07. The van der Waals surface area contributed by atoms with Crippen molar-refractivity contribution in [1.29, 1.82) is 0 Å². The van der Waals surface area contributed by atoms with Crippen molar-refractivity contribution < 1.29 is 18.7 Å². The lowest BCUT2D eigenvalue weighted by molar-refractivity contribution is -0.116. The number of aromatic nitrogens is 3. The number of carbonyl (C=O) groups excluding carboxylic acids is 2. The number of hydrogen-bond acceptors (Lipinski definition) is 8. The van der Waals surface area contributed by atoms with E-state index in [-0.39, 0.29) is 36.1 Å². The second-order valence-electron chi connectivity index (χ2n) is 5.32. The number of nitrogens with one attached hydrogen (secondary N) is 1. The van der Waals surface area contributed by atoms with Crippen LogP contribution in [0.25, 0.3) is 11.3 Å². The van der Waals surface area contributed by atoms with E-state index in [1.807, 2.05) is 18.2 Å². The second kappa shape index (κ2) is 8.74. The monoisotopic (exact) mass is 406 g/mol. The van der Waals surface area contributed by atoms with E-state index in [1.165, 1.54) is 0 Å². The van der Waals surface area contributed by atoms with Gasteiger partial charge in [-0.1, -0.05) is 28.2 Å². The molecule has 1 N–H and O–H groups in total. The summed E-state index contributed by atoms with van der Waals surface area (Å²) in [6, 6.07) is 7.26. The maximum atomic E-state index is 12.1. The molecule has 0 atom stereocenters. The van der Waals surface area contributed by atoms with E-state index in [1.54, 1.807) is 19.2 Å². The van der Waals surface area contributed by atoms with Gasteiger partial charge in [0.05, 0.1) is 17.8 Å². The number of anilines is 1. The highest BCUT2D eigenvalue weighted by Gasteiger charge is 2.19. The average molecular weight is 407 g/mol. The molecule has 0 aliphatic carbocycles. The maximum absolute atomic E-state index is 12.1. The van der Waals surface area contributed by atoms with Crippen molar-refractivity contribution in [3.05, 3.63) is 47.1 Å². The Morgan fingerprint density at radius 3 is 2.93 bits per heavy atom. The zero-order valence-electron chi connectivity index (χ0n) is 14.3. The van der Waals surface area contributed by atoms with Crippen LogP contribution in [0.5, 0.6) is 0 Å². The lowest BCUT2D eigenvalue weighted by Crippen LogP contribution is -2.15. The highest BCUT2D eigenvalue weighted by molar-refractivity contribution is 7.10. The fraction of sp³-hybridized carbons (Fsp3) is 0.235. The topological polar surface area (TPSA) is 107 Å². The van der Waals surface area contributed by atoms with Crippen LogP contribution < -0.4 is 5.32 Å². The van der Waals surface area contributed by atoms with E-state index in [9.17, 15) is 9.59 Å². The molecule has 140 valence electrons. The van der Waals surface area contributed by atoms with E-state index >= 15 is 0 Å². The van der Waals surface area contributed by atoms with Crippen molar-refractivity contribution in [2.24, 2.45) is 0 Å². The molecule has 0 saturated carbocycles. The number of rotatable bonds is 7. The zero-order valence-corrected chi connectivity index (χ0v) is 15.8. The van der Waals surface area contributed by atoms with Crippen LogP contribution in [0.4, 0.5) is 5.00 Å². The van der Waals surface area contributed by atoms with Crippen molar-refractivity contribution in [2.45, 2.75) is 19.8 Å². The third-order valence-electron chi connectivity index (χ3n) is 3.47. The van der Waals surface area contributed by atoms with Crippen LogP contribution in [0.3, 0.4) is 0 Å². The largest absolute Gasteiger partial charge is 0.461 e. The molecule has 3 aromatic rings. The van der Waals surface area contributed by atoms with Gasteiger partial charge in [-0.15, -0.1) is 5.10 Å². The SMILES string of the molecule is CCOC(=O)c1nnsc1NC(=O)CCc1ncc(-c2ccccc2Cl)o1. The molecule has 27 heavy (non-hydrogen) atoms. The Morgan fingerprint density at radius 2 is 2.15 bits per heavy atom. The Kier molecular flexibility index (Phi) is 6.15. The maximum Gasteiger partial charge on any atom is 0.362 e. The summed E-state index contributed by atoms with van der Waals surface area (Å²) < 4.78 is 14.2. The molecule has 2 heterocycles. The number of nitrogens with zero attached hydrogens (tertiary/aromatic N) is 3. The molecule has 0 aliphatic heterocycles. The van der Waals surface area contributed by atoms with Gasteiger partial charge in [0.15, 0.2) is 16.7 Å². The standard InChI is InChI=1S/C17H15ClN4O4S/c1-2-25-17(24)15-16(27-22-21-15)20-13(23)7-8-14-19-9-12(26-14)10-5-3-4-6-11(10)18/h3-6,9H,2,7-8H2,1H3,(H,20,23). The van der Waals surface area contributed by atoms with Gasteiger partial charge in [0.2, 0.25) is 11.6 Å². The second-order valence-corrected chi connectivity index (χ2v) is 6.48. The van der Waals surface area contributed by atoms with E-state index in [0.717, 1.165) is 17.1 Å². The number of esters is 1. The quantitative estimate of drug-likeness (QED) is 0.597. The first kappa shape index (κ1) is 19.0. The summed E-state index contributed by atoms with van der Waals surface area (Å²) in [5.41, 5.74) is 0.726. The summed E-state index contributed by atoms with van der Waals surface area (Å²) in [5, 5.41) is 7.11. The third-order valence-corrected chi connectivity index (χ3v) is 4.44. The van der Waals surface area contributed by atoms with Gasteiger partial charge in [0.1, 0.15) is 0 Å². The van der Waals surface area contributed by atoms with E-state index < -0.39 is 5.97 Å². The molecule has 0 aliphatic rings. The highest BCUT2D eigenvalue weighted by atomic mass is 35.5. The Morgan fingerprint density at radius 1 is 1.33 bits per heavy atom. The average Bonchev–Trinajstić information content (AvgIpc) is 3.30. The van der Waals surface area contributed by atoms with Crippen molar-refractivity contribution in [3.8, 4) is 11.3 Å². The molecule has 10 heteroatoms. The van der Waals surface area contributed by atoms with Crippen molar-refractivity contribution in [1.82, 2.24) is 14.6 Å². The lowest BCUT2D eigenvalue weighted by Gasteiger charge is -2.03. The molecule has 1 amide bonds. The normalized spacial score (nSPS) is 10.6. The summed E-state index contributed by atoms with van der Waals surface area (Å²) >= 11 is 7.05. The first-order chi connectivity index (χ1) is 13.1. The smallest absolute Gasteiger partial charge is 0.362 e. The van der Waals surface area contributed by atoms with Gasteiger partial charge >= 0.3 is 5.97 Å². The molecule has 3 rings (SSSR count). The molecule has 8 nitrogen and oxygen atoms in total. The number of oxazole rings is 1. The molecule has 0 radical (unpaired) electrons. The molecule has 0 spiro atoms. The third kappa shape index (κ3) is 4.69.